The quantitative estimate of drug-likeness (QED) is 0.486. The van der Waals surface area contributed by atoms with E-state index >= 15 is 0 Å². The van der Waals surface area contributed by atoms with Gasteiger partial charge in [0, 0.05) is 29.8 Å². The van der Waals surface area contributed by atoms with Crippen molar-refractivity contribution in [3.05, 3.63) is 87.7 Å². The number of aryl methyl sites for hydroxylation is 1. The Labute approximate surface area is 199 Å². The summed E-state index contributed by atoms with van der Waals surface area (Å²) < 4.78 is 22.9. The van der Waals surface area contributed by atoms with Gasteiger partial charge in [0.2, 0.25) is 5.78 Å². The molecular weight excluding hydrogens is 430 g/mol. The number of benzene rings is 3. The fourth-order valence-corrected chi connectivity index (χ4v) is 4.44. The van der Waals surface area contributed by atoms with Crippen LogP contribution < -0.4 is 18.9 Å². The number of rotatable bonds is 5. The van der Waals surface area contributed by atoms with Gasteiger partial charge in [0.05, 0.1) is 19.8 Å². The largest absolute Gasteiger partial charge is 0.497 e. The smallest absolute Gasteiger partial charge is 0.231 e. The Balaban J connectivity index is 1.43. The van der Waals surface area contributed by atoms with Gasteiger partial charge in [-0.05, 0) is 49.8 Å². The molecule has 0 saturated heterocycles. The van der Waals surface area contributed by atoms with Crippen molar-refractivity contribution in [2.24, 2.45) is 0 Å². The maximum absolute atomic E-state index is 13.3. The van der Waals surface area contributed by atoms with Gasteiger partial charge in [0.15, 0.2) is 5.76 Å². The molecule has 5 rings (SSSR count). The third-order valence-corrected chi connectivity index (χ3v) is 6.25. The van der Waals surface area contributed by atoms with E-state index in [1.54, 1.807) is 26.4 Å². The van der Waals surface area contributed by atoms with Crippen LogP contribution >= 0.6 is 0 Å². The van der Waals surface area contributed by atoms with Crippen LogP contribution in [-0.4, -0.2) is 31.6 Å². The molecule has 0 amide bonds. The van der Waals surface area contributed by atoms with Crippen molar-refractivity contribution >= 4 is 11.9 Å². The Morgan fingerprint density at radius 3 is 2.53 bits per heavy atom. The lowest BCUT2D eigenvalue weighted by molar-refractivity contribution is 0.0876. The van der Waals surface area contributed by atoms with Crippen LogP contribution in [0.5, 0.6) is 23.0 Å². The molecule has 174 valence electrons. The van der Waals surface area contributed by atoms with Crippen molar-refractivity contribution in [2.45, 2.75) is 26.9 Å². The van der Waals surface area contributed by atoms with Gasteiger partial charge in [0.1, 0.15) is 29.7 Å². The molecule has 34 heavy (non-hydrogen) atoms. The number of allylic oxidation sites excluding steroid dienone is 1. The van der Waals surface area contributed by atoms with E-state index in [-0.39, 0.29) is 11.5 Å². The molecule has 6 heteroatoms. The summed E-state index contributed by atoms with van der Waals surface area (Å²) in [6.07, 6.45) is 1.70. The minimum absolute atomic E-state index is 0.151. The molecule has 0 saturated carbocycles. The van der Waals surface area contributed by atoms with Gasteiger partial charge >= 0.3 is 0 Å². The average Bonchev–Trinajstić information content (AvgIpc) is 3.16. The van der Waals surface area contributed by atoms with E-state index in [2.05, 4.69) is 36.1 Å². The van der Waals surface area contributed by atoms with Gasteiger partial charge in [-0.1, -0.05) is 29.8 Å². The summed E-state index contributed by atoms with van der Waals surface area (Å²) >= 11 is 0. The van der Waals surface area contributed by atoms with Crippen LogP contribution in [0.4, 0.5) is 0 Å². The van der Waals surface area contributed by atoms with Gasteiger partial charge in [-0.3, -0.25) is 9.69 Å². The molecule has 0 radical (unpaired) electrons. The van der Waals surface area contributed by atoms with Crippen molar-refractivity contribution in [3.8, 4) is 23.0 Å². The Morgan fingerprint density at radius 2 is 1.79 bits per heavy atom. The van der Waals surface area contributed by atoms with Crippen LogP contribution in [0.3, 0.4) is 0 Å². The molecule has 0 atom stereocenters. The monoisotopic (exact) mass is 457 g/mol. The number of ether oxygens (including phenoxy) is 4. The van der Waals surface area contributed by atoms with Gasteiger partial charge in [0.25, 0.3) is 0 Å². The number of carbonyl (C=O) groups excluding carboxylic acids is 1. The maximum atomic E-state index is 13.3. The number of nitrogens with zero attached hydrogens (tertiary/aromatic N) is 1. The molecule has 2 aliphatic rings. The van der Waals surface area contributed by atoms with Crippen molar-refractivity contribution < 1.29 is 23.7 Å². The lowest BCUT2D eigenvalue weighted by Crippen LogP contribution is -2.32. The summed E-state index contributed by atoms with van der Waals surface area (Å²) in [6, 6.07) is 15.8. The van der Waals surface area contributed by atoms with Crippen LogP contribution in [0.1, 0.15) is 38.2 Å². The minimum atomic E-state index is -0.151. The van der Waals surface area contributed by atoms with Crippen LogP contribution in [-0.2, 0) is 13.1 Å². The number of hydrogen-bond donors (Lipinski definition) is 0. The zero-order valence-electron chi connectivity index (χ0n) is 19.8. The Bertz CT molecular complexity index is 1290. The van der Waals surface area contributed by atoms with E-state index < -0.39 is 0 Å². The van der Waals surface area contributed by atoms with Crippen LogP contribution in [0, 0.1) is 13.8 Å². The molecule has 0 spiro atoms. The molecule has 0 fully saturated rings. The van der Waals surface area contributed by atoms with E-state index in [4.69, 9.17) is 18.9 Å². The molecule has 0 unspecified atom stereocenters. The lowest BCUT2D eigenvalue weighted by Gasteiger charge is -2.30. The topological polar surface area (TPSA) is 57.2 Å². The second-order valence-corrected chi connectivity index (χ2v) is 8.66. The van der Waals surface area contributed by atoms with E-state index in [1.165, 1.54) is 11.1 Å². The normalized spacial score (nSPS) is 16.0. The maximum Gasteiger partial charge on any atom is 0.231 e. The molecule has 3 aromatic carbocycles. The first kappa shape index (κ1) is 22.0. The van der Waals surface area contributed by atoms with Crippen molar-refractivity contribution in [2.75, 3.05) is 21.0 Å². The highest BCUT2D eigenvalue weighted by atomic mass is 16.5. The van der Waals surface area contributed by atoms with E-state index in [9.17, 15) is 4.79 Å². The molecule has 0 N–H and O–H groups in total. The van der Waals surface area contributed by atoms with Gasteiger partial charge in [-0.15, -0.1) is 0 Å². The van der Waals surface area contributed by atoms with E-state index in [0.29, 0.717) is 41.7 Å². The van der Waals surface area contributed by atoms with E-state index in [1.807, 2.05) is 25.1 Å². The van der Waals surface area contributed by atoms with Crippen molar-refractivity contribution in [1.82, 2.24) is 4.90 Å². The number of ketones is 1. The zero-order chi connectivity index (χ0) is 23.8. The predicted molar refractivity (Wildman–Crippen MR) is 130 cm³/mol. The molecular formula is C28H27NO5. The summed E-state index contributed by atoms with van der Waals surface area (Å²) in [5.41, 5.74) is 5.58. The highest BCUT2D eigenvalue weighted by Crippen LogP contribution is 2.43. The van der Waals surface area contributed by atoms with Crippen molar-refractivity contribution in [3.63, 3.8) is 0 Å². The minimum Gasteiger partial charge on any atom is -0.497 e. The SMILES string of the molecule is COc1ccc(OC)c(/C=C2\Oc3c(cc4c(c3C)OCN(Cc3ccc(C)cc3)C4)C2=O)c1. The Hall–Kier alpha value is -3.77. The fraction of sp³-hybridized carbons (Fsp3) is 0.250. The number of carbonyl (C=O) groups is 1. The summed E-state index contributed by atoms with van der Waals surface area (Å²) in [4.78, 5) is 15.5. The third kappa shape index (κ3) is 4.01. The summed E-state index contributed by atoms with van der Waals surface area (Å²) in [6.45, 7) is 5.99. The number of fused-ring (bicyclic) bond motifs is 2. The van der Waals surface area contributed by atoms with Crippen molar-refractivity contribution in [1.29, 1.82) is 0 Å². The number of hydrogen-bond acceptors (Lipinski definition) is 6. The highest BCUT2D eigenvalue weighted by Gasteiger charge is 2.33. The van der Waals surface area contributed by atoms with Crippen LogP contribution in [0.2, 0.25) is 0 Å². The molecule has 0 aliphatic carbocycles. The average molecular weight is 458 g/mol. The first-order chi connectivity index (χ1) is 16.5. The van der Waals surface area contributed by atoms with Gasteiger partial charge < -0.3 is 18.9 Å². The molecule has 6 nitrogen and oxygen atoms in total. The Kier molecular flexibility index (Phi) is 5.75. The second kappa shape index (κ2) is 8.88. The Morgan fingerprint density at radius 1 is 1.00 bits per heavy atom. The standard InChI is InChI=1S/C28H27NO5/c1-17-5-7-19(8-6-17)14-29-15-21-12-23-26(30)25(34-28(23)18(2)27(21)33-16-29)13-20-11-22(31-3)9-10-24(20)32-4/h5-13H,14-16H2,1-4H3/b25-13-. The molecule has 0 bridgehead atoms. The summed E-state index contributed by atoms with van der Waals surface area (Å²) in [5.74, 6) is 2.76. The summed E-state index contributed by atoms with van der Waals surface area (Å²) in [7, 11) is 3.19. The summed E-state index contributed by atoms with van der Waals surface area (Å²) in [5, 5.41) is 0. The number of methoxy groups -OCH3 is 2. The highest BCUT2D eigenvalue weighted by molar-refractivity contribution is 6.15. The van der Waals surface area contributed by atoms with Crippen LogP contribution in [0.25, 0.3) is 6.08 Å². The second-order valence-electron chi connectivity index (χ2n) is 8.66. The third-order valence-electron chi connectivity index (χ3n) is 6.25. The molecule has 3 aromatic rings. The lowest BCUT2D eigenvalue weighted by atomic mass is 9.99. The van der Waals surface area contributed by atoms with E-state index in [0.717, 1.165) is 23.4 Å². The van der Waals surface area contributed by atoms with Gasteiger partial charge in [-0.25, -0.2) is 0 Å². The molecule has 2 heterocycles. The molecule has 2 aliphatic heterocycles. The number of Topliss-reactive ketones (excluding diaryl/α,β-unsaturated/α-hetero) is 1. The fourth-order valence-electron chi connectivity index (χ4n) is 4.44. The van der Waals surface area contributed by atoms with Crippen LogP contribution in [0.15, 0.2) is 54.3 Å². The molecule has 0 aromatic heterocycles. The predicted octanol–water partition coefficient (Wildman–Crippen LogP) is 5.29. The first-order valence-corrected chi connectivity index (χ1v) is 11.2. The zero-order valence-corrected chi connectivity index (χ0v) is 19.8. The van der Waals surface area contributed by atoms with Gasteiger partial charge in [-0.2, -0.15) is 0 Å². The first-order valence-electron chi connectivity index (χ1n) is 11.2.